The summed E-state index contributed by atoms with van der Waals surface area (Å²) in [5.74, 6) is -0.245. The monoisotopic (exact) mass is 102 g/mol. The molecule has 0 bridgehead atoms. The van der Waals surface area contributed by atoms with Crippen molar-refractivity contribution in [1.82, 2.24) is 0 Å². The van der Waals surface area contributed by atoms with Crippen LogP contribution in [-0.2, 0) is 9.53 Å². The molecule has 0 aliphatic carbocycles. The first-order chi connectivity index (χ1) is 3.27. The minimum absolute atomic E-state index is 0.245. The molecule has 0 N–H and O–H groups in total. The van der Waals surface area contributed by atoms with Gasteiger partial charge in [-0.2, -0.15) is 0 Å². The van der Waals surface area contributed by atoms with Gasteiger partial charge in [-0.25, -0.2) is 0 Å². The van der Waals surface area contributed by atoms with E-state index in [4.69, 9.17) is 10.8 Å². The number of hydrogen-bond donors (Lipinski definition) is 0. The smallest absolute Gasteiger partial charge is 0.302 e. The van der Waals surface area contributed by atoms with E-state index in [0.717, 1.165) is 0 Å². The lowest BCUT2D eigenvalue weighted by molar-refractivity contribution is -0.137. The number of nitrogens with zero attached hydrogens (tertiary/aromatic N) is 2. The molecule has 0 rings (SSSR count). The van der Waals surface area contributed by atoms with E-state index in [1.54, 1.807) is 0 Å². The third-order valence-electron chi connectivity index (χ3n) is 0.287. The first-order valence-corrected chi connectivity index (χ1v) is 1.52. The quantitative estimate of drug-likeness (QED) is 0.323. The summed E-state index contributed by atoms with van der Waals surface area (Å²) in [5, 5.41) is 12.0. The van der Waals surface area contributed by atoms with E-state index >= 15 is 0 Å². The Balaban J connectivity index is 0. The van der Waals surface area contributed by atoms with E-state index in [0.29, 0.717) is 0 Å². The Morgan fingerprint density at radius 1 is 1.57 bits per heavy atom. The van der Waals surface area contributed by atoms with Gasteiger partial charge in [0.25, 0.3) is 0 Å². The molecule has 0 atom stereocenters. The van der Waals surface area contributed by atoms with Crippen LogP contribution in [0.15, 0.2) is 0 Å². The van der Waals surface area contributed by atoms with Crippen molar-refractivity contribution in [3.8, 4) is 0 Å². The highest BCUT2D eigenvalue weighted by molar-refractivity contribution is 5.65. The molecule has 0 radical (unpaired) electrons. The average Bonchev–Trinajstić information content (AvgIpc) is 1.73. The summed E-state index contributed by atoms with van der Waals surface area (Å²) in [4.78, 5) is 9.59. The Morgan fingerprint density at radius 2 is 1.71 bits per heavy atom. The van der Waals surface area contributed by atoms with Crippen LogP contribution in [0.25, 0.3) is 0 Å². The fourth-order valence-electron chi connectivity index (χ4n) is 0. The second kappa shape index (κ2) is 8.86. The molecule has 0 aliphatic heterocycles. The molecule has 0 aliphatic rings. The summed E-state index contributed by atoms with van der Waals surface area (Å²) < 4.78 is 4.11. The molecule has 0 saturated carbocycles. The fourth-order valence-corrected chi connectivity index (χ4v) is 0. The first kappa shape index (κ1) is 9.31. The van der Waals surface area contributed by atoms with Crippen LogP contribution in [0.4, 0.5) is 0 Å². The van der Waals surface area contributed by atoms with Crippen molar-refractivity contribution in [2.75, 3.05) is 7.11 Å². The van der Waals surface area contributed by atoms with Crippen molar-refractivity contribution in [3.05, 3.63) is 0 Å². The van der Waals surface area contributed by atoms with E-state index in [9.17, 15) is 4.79 Å². The molecule has 0 unspecified atom stereocenters. The van der Waals surface area contributed by atoms with E-state index in [2.05, 4.69) is 4.74 Å². The van der Waals surface area contributed by atoms with Gasteiger partial charge in [-0.15, -0.1) is 0 Å². The second-order valence-corrected chi connectivity index (χ2v) is 0.696. The number of esters is 1. The molecule has 4 heteroatoms. The fraction of sp³-hybridized carbons (Fsp3) is 0.667. The Bertz CT molecular complexity index is 68.6. The highest BCUT2D eigenvalue weighted by atomic mass is 16.5. The topological polar surface area (TPSA) is 73.9 Å². The summed E-state index contributed by atoms with van der Waals surface area (Å²) in [6, 6.07) is 0. The third kappa shape index (κ3) is 51.6. The normalized spacial score (nSPS) is 5.14. The van der Waals surface area contributed by atoms with Gasteiger partial charge in [0.1, 0.15) is 0 Å². The van der Waals surface area contributed by atoms with Crippen LogP contribution < -0.4 is 0 Å². The van der Waals surface area contributed by atoms with Crippen molar-refractivity contribution in [2.24, 2.45) is 0 Å². The largest absolute Gasteiger partial charge is 0.469 e. The highest BCUT2D eigenvalue weighted by Crippen LogP contribution is 1.60. The van der Waals surface area contributed by atoms with Gasteiger partial charge in [0.2, 0.25) is 0 Å². The molecule has 0 fully saturated rings. The molecule has 0 amide bonds. The zero-order valence-electron chi connectivity index (χ0n) is 4.21. The third-order valence-corrected chi connectivity index (χ3v) is 0.287. The van der Waals surface area contributed by atoms with Crippen LogP contribution in [0.5, 0.6) is 0 Å². The number of hydrogen-bond acceptors (Lipinski definition) is 4. The van der Waals surface area contributed by atoms with E-state index < -0.39 is 0 Å². The van der Waals surface area contributed by atoms with Crippen LogP contribution in [-0.4, -0.2) is 13.1 Å². The number of methoxy groups -OCH3 is 1. The standard InChI is InChI=1S/C3H6O2.N2/c1-3(4)5-2;1-2/h1-2H3;. The molecule has 40 valence electrons. The summed E-state index contributed by atoms with van der Waals surface area (Å²) in [6.07, 6.45) is 0. The Kier molecular flexibility index (Phi) is 11.8. The minimum atomic E-state index is -0.245. The number of rotatable bonds is 0. The van der Waals surface area contributed by atoms with Gasteiger partial charge in [0, 0.05) is 17.7 Å². The maximum absolute atomic E-state index is 9.59. The molecule has 4 nitrogen and oxygen atoms in total. The Labute approximate surface area is 41.5 Å². The van der Waals surface area contributed by atoms with Gasteiger partial charge < -0.3 is 4.74 Å². The molecule has 0 aromatic heterocycles. The van der Waals surface area contributed by atoms with Crippen LogP contribution in [0.2, 0.25) is 0 Å². The van der Waals surface area contributed by atoms with Crippen LogP contribution in [0.1, 0.15) is 6.92 Å². The minimum Gasteiger partial charge on any atom is -0.469 e. The molecule has 0 saturated heterocycles. The first-order valence-electron chi connectivity index (χ1n) is 1.52. The lowest BCUT2D eigenvalue weighted by Crippen LogP contribution is -1.88. The molecular formula is C3H6N2O2. The maximum Gasteiger partial charge on any atom is 0.302 e. The van der Waals surface area contributed by atoms with Crippen molar-refractivity contribution < 1.29 is 9.53 Å². The SMILES string of the molecule is COC(C)=O.N#N. The predicted molar refractivity (Wildman–Crippen MR) is 21.1 cm³/mol. The van der Waals surface area contributed by atoms with Crippen molar-refractivity contribution in [3.63, 3.8) is 0 Å². The van der Waals surface area contributed by atoms with E-state index in [1.165, 1.54) is 14.0 Å². The van der Waals surface area contributed by atoms with Crippen molar-refractivity contribution >= 4 is 5.97 Å². The maximum atomic E-state index is 9.59. The number of carbonyl (C=O) groups is 1. The number of ether oxygens (including phenoxy) is 1. The average molecular weight is 102 g/mol. The van der Waals surface area contributed by atoms with Gasteiger partial charge >= 0.3 is 5.97 Å². The molecule has 0 aromatic carbocycles. The van der Waals surface area contributed by atoms with Gasteiger partial charge in [-0.1, -0.05) is 0 Å². The zero-order chi connectivity index (χ0) is 6.28. The van der Waals surface area contributed by atoms with E-state index in [1.807, 2.05) is 0 Å². The van der Waals surface area contributed by atoms with Crippen molar-refractivity contribution in [2.45, 2.75) is 6.92 Å². The predicted octanol–water partition coefficient (Wildman–Crippen LogP) is 0.209. The van der Waals surface area contributed by atoms with Crippen LogP contribution in [0.3, 0.4) is 0 Å². The van der Waals surface area contributed by atoms with E-state index in [-0.39, 0.29) is 5.97 Å². The molecule has 0 spiro atoms. The molecule has 7 heavy (non-hydrogen) atoms. The lowest BCUT2D eigenvalue weighted by atomic mass is 10.8. The molecular weight excluding hydrogens is 96.0 g/mol. The molecule has 0 aromatic rings. The summed E-state index contributed by atoms with van der Waals surface area (Å²) in [7, 11) is 1.35. The number of carbonyl (C=O) groups excluding carboxylic acids is 1. The van der Waals surface area contributed by atoms with Gasteiger partial charge in [-0.05, 0) is 0 Å². The van der Waals surface area contributed by atoms with Crippen molar-refractivity contribution in [1.29, 1.82) is 10.8 Å². The van der Waals surface area contributed by atoms with Gasteiger partial charge in [0.05, 0.1) is 7.11 Å². The molecule has 0 heterocycles. The zero-order valence-corrected chi connectivity index (χ0v) is 4.21. The van der Waals surface area contributed by atoms with Crippen LogP contribution >= 0.6 is 0 Å². The highest BCUT2D eigenvalue weighted by Gasteiger charge is 1.75. The van der Waals surface area contributed by atoms with Gasteiger partial charge in [0.15, 0.2) is 0 Å². The lowest BCUT2D eigenvalue weighted by Gasteiger charge is -1.80. The Morgan fingerprint density at radius 3 is 1.71 bits per heavy atom. The van der Waals surface area contributed by atoms with Crippen LogP contribution in [0, 0.1) is 10.8 Å². The van der Waals surface area contributed by atoms with Gasteiger partial charge in [-0.3, -0.25) is 4.79 Å². The second-order valence-electron chi connectivity index (χ2n) is 0.696. The summed E-state index contributed by atoms with van der Waals surface area (Å²) in [5.41, 5.74) is 0. The summed E-state index contributed by atoms with van der Waals surface area (Å²) in [6.45, 7) is 1.36. The summed E-state index contributed by atoms with van der Waals surface area (Å²) >= 11 is 0. The Hall–Kier alpha value is -1.11.